The zero-order valence-corrected chi connectivity index (χ0v) is 12.8. The molecule has 0 spiro atoms. The van der Waals surface area contributed by atoms with Crippen LogP contribution in [0.1, 0.15) is 35.2 Å². The first kappa shape index (κ1) is 15.7. The molecule has 21 heavy (non-hydrogen) atoms. The van der Waals surface area contributed by atoms with Crippen LogP contribution in [0.25, 0.3) is 0 Å². The summed E-state index contributed by atoms with van der Waals surface area (Å²) in [4.78, 5) is 2.08. The van der Waals surface area contributed by atoms with Crippen LogP contribution in [0.15, 0.2) is 34.7 Å². The maximum Gasteiger partial charge on any atom is 0.126 e. The summed E-state index contributed by atoms with van der Waals surface area (Å²) in [6, 6.07) is 8.78. The second-order valence-electron chi connectivity index (χ2n) is 5.56. The van der Waals surface area contributed by atoms with E-state index in [1.54, 1.807) is 19.1 Å². The molecule has 2 aromatic rings. The van der Waals surface area contributed by atoms with E-state index in [2.05, 4.69) is 4.90 Å². The Morgan fingerprint density at radius 1 is 1.24 bits per heavy atom. The standard InChI is InChI=1S/C17H22FNO2/c1-12-4-6-14(10-16(12)18)17(20)8-9-19(3)11-15-7-5-13(2)21-15/h4-7,10,17,20H,8-9,11H2,1-3H3. The lowest BCUT2D eigenvalue weighted by Crippen LogP contribution is -2.20. The predicted octanol–water partition coefficient (Wildman–Crippen LogP) is 3.59. The summed E-state index contributed by atoms with van der Waals surface area (Å²) < 4.78 is 19.0. The summed E-state index contributed by atoms with van der Waals surface area (Å²) in [6.07, 6.45) is -0.0977. The third kappa shape index (κ3) is 4.41. The van der Waals surface area contributed by atoms with Crippen LogP contribution in [0.4, 0.5) is 4.39 Å². The molecule has 1 atom stereocenters. The van der Waals surface area contributed by atoms with Gasteiger partial charge < -0.3 is 9.52 Å². The number of aryl methyl sites for hydroxylation is 2. The van der Waals surface area contributed by atoms with Gasteiger partial charge in [0.15, 0.2) is 0 Å². The van der Waals surface area contributed by atoms with Crippen LogP contribution in [0.2, 0.25) is 0 Å². The second kappa shape index (κ2) is 6.87. The van der Waals surface area contributed by atoms with Gasteiger partial charge in [0.2, 0.25) is 0 Å². The highest BCUT2D eigenvalue weighted by Gasteiger charge is 2.11. The van der Waals surface area contributed by atoms with Gasteiger partial charge in [0, 0.05) is 6.54 Å². The summed E-state index contributed by atoms with van der Waals surface area (Å²) in [5.41, 5.74) is 1.22. The highest BCUT2D eigenvalue weighted by atomic mass is 19.1. The number of aliphatic hydroxyl groups is 1. The summed E-state index contributed by atoms with van der Waals surface area (Å²) in [7, 11) is 1.97. The Morgan fingerprint density at radius 3 is 2.62 bits per heavy atom. The van der Waals surface area contributed by atoms with E-state index >= 15 is 0 Å². The normalized spacial score (nSPS) is 12.9. The minimum absolute atomic E-state index is 0.272. The number of furan rings is 1. The van der Waals surface area contributed by atoms with Crippen molar-refractivity contribution in [2.24, 2.45) is 0 Å². The first-order chi connectivity index (χ1) is 9.95. The molecule has 114 valence electrons. The van der Waals surface area contributed by atoms with Gasteiger partial charge in [-0.15, -0.1) is 0 Å². The Morgan fingerprint density at radius 2 is 2.00 bits per heavy atom. The van der Waals surface area contributed by atoms with Crippen LogP contribution < -0.4 is 0 Å². The highest BCUT2D eigenvalue weighted by Crippen LogP contribution is 2.20. The van der Waals surface area contributed by atoms with Crippen LogP contribution in [0.3, 0.4) is 0 Å². The van der Waals surface area contributed by atoms with Gasteiger partial charge in [-0.2, -0.15) is 0 Å². The molecule has 4 heteroatoms. The first-order valence-corrected chi connectivity index (χ1v) is 7.13. The molecule has 1 aromatic carbocycles. The SMILES string of the molecule is Cc1ccc(CN(C)CCC(O)c2ccc(C)c(F)c2)o1. The Balaban J connectivity index is 1.85. The lowest BCUT2D eigenvalue weighted by Gasteiger charge is -2.18. The maximum absolute atomic E-state index is 13.5. The molecule has 0 bridgehead atoms. The van der Waals surface area contributed by atoms with E-state index in [0.29, 0.717) is 30.6 Å². The van der Waals surface area contributed by atoms with Crippen LogP contribution >= 0.6 is 0 Å². The fraction of sp³-hybridized carbons (Fsp3) is 0.412. The lowest BCUT2D eigenvalue weighted by molar-refractivity contribution is 0.145. The molecule has 0 saturated heterocycles. The van der Waals surface area contributed by atoms with Gasteiger partial charge in [-0.1, -0.05) is 12.1 Å². The van der Waals surface area contributed by atoms with Gasteiger partial charge >= 0.3 is 0 Å². The van der Waals surface area contributed by atoms with Crippen molar-refractivity contribution in [1.82, 2.24) is 4.90 Å². The number of aliphatic hydroxyl groups excluding tert-OH is 1. The number of halogens is 1. The molecule has 0 aliphatic heterocycles. The van der Waals surface area contributed by atoms with Crippen LogP contribution in [0, 0.1) is 19.7 Å². The molecule has 0 aliphatic carbocycles. The van der Waals surface area contributed by atoms with Gasteiger partial charge in [-0.05, 0) is 56.6 Å². The highest BCUT2D eigenvalue weighted by molar-refractivity contribution is 5.24. The quantitative estimate of drug-likeness (QED) is 0.883. The van der Waals surface area contributed by atoms with Crippen molar-refractivity contribution in [3.63, 3.8) is 0 Å². The molecular formula is C17H22FNO2. The molecule has 3 nitrogen and oxygen atoms in total. The van der Waals surface area contributed by atoms with Crippen molar-refractivity contribution >= 4 is 0 Å². The van der Waals surface area contributed by atoms with Crippen molar-refractivity contribution in [2.75, 3.05) is 13.6 Å². The molecule has 0 fully saturated rings. The zero-order valence-electron chi connectivity index (χ0n) is 12.8. The van der Waals surface area contributed by atoms with Crippen LogP contribution in [-0.2, 0) is 6.54 Å². The van der Waals surface area contributed by atoms with E-state index in [4.69, 9.17) is 4.42 Å². The lowest BCUT2D eigenvalue weighted by atomic mass is 10.0. The average molecular weight is 291 g/mol. The Kier molecular flexibility index (Phi) is 5.15. The molecule has 1 N–H and O–H groups in total. The largest absolute Gasteiger partial charge is 0.465 e. The molecule has 1 unspecified atom stereocenters. The van der Waals surface area contributed by atoms with E-state index in [9.17, 15) is 9.50 Å². The predicted molar refractivity (Wildman–Crippen MR) is 80.5 cm³/mol. The van der Waals surface area contributed by atoms with Gasteiger partial charge in [0.25, 0.3) is 0 Å². The van der Waals surface area contributed by atoms with Crippen molar-refractivity contribution in [3.8, 4) is 0 Å². The van der Waals surface area contributed by atoms with Crippen molar-refractivity contribution in [1.29, 1.82) is 0 Å². The number of nitrogens with zero attached hydrogens (tertiary/aromatic N) is 1. The van der Waals surface area contributed by atoms with Gasteiger partial charge in [0.1, 0.15) is 17.3 Å². The number of hydrogen-bond donors (Lipinski definition) is 1. The average Bonchev–Trinajstić information content (AvgIpc) is 2.84. The Labute approximate surface area is 125 Å². The number of benzene rings is 1. The molecule has 0 amide bonds. The summed E-state index contributed by atoms with van der Waals surface area (Å²) in [5, 5.41) is 10.1. The van der Waals surface area contributed by atoms with E-state index < -0.39 is 6.10 Å². The second-order valence-corrected chi connectivity index (χ2v) is 5.56. The topological polar surface area (TPSA) is 36.6 Å². The van der Waals surface area contributed by atoms with Gasteiger partial charge in [-0.25, -0.2) is 4.39 Å². The zero-order chi connectivity index (χ0) is 15.4. The third-order valence-corrected chi connectivity index (χ3v) is 3.59. The summed E-state index contributed by atoms with van der Waals surface area (Å²) in [5.74, 6) is 1.53. The fourth-order valence-electron chi connectivity index (χ4n) is 2.24. The smallest absolute Gasteiger partial charge is 0.126 e. The minimum Gasteiger partial charge on any atom is -0.465 e. The van der Waals surface area contributed by atoms with Gasteiger partial charge in [-0.3, -0.25) is 4.90 Å². The molecule has 1 aromatic heterocycles. The third-order valence-electron chi connectivity index (χ3n) is 3.59. The molecule has 0 aliphatic rings. The number of hydrogen-bond acceptors (Lipinski definition) is 3. The van der Waals surface area contributed by atoms with E-state index in [1.807, 2.05) is 26.1 Å². The molecule has 0 saturated carbocycles. The maximum atomic E-state index is 13.5. The van der Waals surface area contributed by atoms with Crippen molar-refractivity contribution in [2.45, 2.75) is 32.9 Å². The molecular weight excluding hydrogens is 269 g/mol. The van der Waals surface area contributed by atoms with E-state index in [-0.39, 0.29) is 5.82 Å². The summed E-state index contributed by atoms with van der Waals surface area (Å²) >= 11 is 0. The number of rotatable bonds is 6. The van der Waals surface area contributed by atoms with Crippen molar-refractivity contribution in [3.05, 3.63) is 58.8 Å². The van der Waals surface area contributed by atoms with Crippen LogP contribution in [0.5, 0.6) is 0 Å². The fourth-order valence-corrected chi connectivity index (χ4v) is 2.24. The monoisotopic (exact) mass is 291 g/mol. The Bertz CT molecular complexity index is 594. The molecule has 2 rings (SSSR count). The van der Waals surface area contributed by atoms with Crippen molar-refractivity contribution < 1.29 is 13.9 Å². The first-order valence-electron chi connectivity index (χ1n) is 7.13. The molecule has 1 heterocycles. The van der Waals surface area contributed by atoms with Gasteiger partial charge in [0.05, 0.1) is 12.6 Å². The van der Waals surface area contributed by atoms with E-state index in [0.717, 1.165) is 11.5 Å². The van der Waals surface area contributed by atoms with E-state index in [1.165, 1.54) is 6.07 Å². The van der Waals surface area contributed by atoms with Crippen LogP contribution in [-0.4, -0.2) is 23.6 Å². The Hall–Kier alpha value is -1.65. The molecule has 0 radical (unpaired) electrons. The summed E-state index contributed by atoms with van der Waals surface area (Å²) in [6.45, 7) is 5.03. The minimum atomic E-state index is -0.652.